The van der Waals surface area contributed by atoms with Gasteiger partial charge in [-0.2, -0.15) is 0 Å². The molecule has 0 bridgehead atoms. The molecule has 100 valence electrons. The molecule has 0 aliphatic rings. The van der Waals surface area contributed by atoms with Crippen LogP contribution < -0.4 is 0 Å². The summed E-state index contributed by atoms with van der Waals surface area (Å²) in [6, 6.07) is 3.48. The van der Waals surface area contributed by atoms with Crippen LogP contribution in [0.2, 0.25) is 0 Å². The van der Waals surface area contributed by atoms with Gasteiger partial charge in [0.05, 0.1) is 5.56 Å². The van der Waals surface area contributed by atoms with Crippen molar-refractivity contribution < 1.29 is 9.90 Å². The molecule has 0 heterocycles. The Balaban J connectivity index is 3.69. The van der Waals surface area contributed by atoms with Crippen molar-refractivity contribution >= 4 is 16.8 Å². The fourth-order valence-corrected chi connectivity index (χ4v) is 2.29. The number of halogens is 1. The Morgan fingerprint density at radius 3 is 1.89 bits per heavy atom. The summed E-state index contributed by atoms with van der Waals surface area (Å²) in [5.41, 5.74) is 1.65. The predicted octanol–water partition coefficient (Wildman–Crippen LogP) is 4.37. The molecule has 1 aromatic rings. The fraction of sp³-hybridized carbons (Fsp3) is 0.533. The maximum Gasteiger partial charge on any atom is 0.256 e. The highest BCUT2D eigenvalue weighted by molar-refractivity contribution is 6.68. The van der Waals surface area contributed by atoms with Crippen molar-refractivity contribution in [1.29, 1.82) is 0 Å². The summed E-state index contributed by atoms with van der Waals surface area (Å²) in [6.07, 6.45) is 0. The lowest BCUT2D eigenvalue weighted by molar-refractivity contribution is 0.107. The van der Waals surface area contributed by atoms with Crippen LogP contribution in [0.5, 0.6) is 5.75 Å². The Morgan fingerprint density at radius 1 is 1.06 bits per heavy atom. The molecule has 18 heavy (non-hydrogen) atoms. The zero-order valence-corrected chi connectivity index (χ0v) is 12.6. The second-order valence-electron chi connectivity index (χ2n) is 6.66. The number of carbonyl (C=O) groups excluding carboxylic acids is 1. The van der Waals surface area contributed by atoms with Crippen molar-refractivity contribution in [3.8, 4) is 5.75 Å². The Morgan fingerprint density at radius 2 is 1.56 bits per heavy atom. The number of hydrogen-bond acceptors (Lipinski definition) is 2. The molecule has 0 fully saturated rings. The van der Waals surface area contributed by atoms with Crippen LogP contribution in [0, 0.1) is 0 Å². The van der Waals surface area contributed by atoms with Gasteiger partial charge in [-0.25, -0.2) is 0 Å². The largest absolute Gasteiger partial charge is 0.507 e. The highest BCUT2D eigenvalue weighted by Crippen LogP contribution is 2.41. The minimum atomic E-state index is -0.626. The van der Waals surface area contributed by atoms with E-state index in [0.29, 0.717) is 0 Å². The number of carbonyl (C=O) groups is 1. The third-order valence-corrected chi connectivity index (χ3v) is 3.15. The normalized spacial score (nSPS) is 12.6. The minimum Gasteiger partial charge on any atom is -0.507 e. The molecule has 1 N–H and O–H groups in total. The van der Waals surface area contributed by atoms with Gasteiger partial charge in [-0.3, -0.25) is 4.79 Å². The van der Waals surface area contributed by atoms with Gasteiger partial charge < -0.3 is 5.11 Å². The molecule has 0 saturated heterocycles. The van der Waals surface area contributed by atoms with Gasteiger partial charge in [-0.1, -0.05) is 47.6 Å². The third-order valence-electron chi connectivity index (χ3n) is 2.95. The first-order valence-corrected chi connectivity index (χ1v) is 6.41. The van der Waals surface area contributed by atoms with Crippen LogP contribution in [-0.2, 0) is 10.8 Å². The fourth-order valence-electron chi connectivity index (χ4n) is 2.13. The molecule has 0 aromatic heterocycles. The topological polar surface area (TPSA) is 37.3 Å². The second kappa shape index (κ2) is 4.58. The number of benzene rings is 1. The summed E-state index contributed by atoms with van der Waals surface area (Å²) in [6.45, 7) is 12.3. The van der Waals surface area contributed by atoms with E-state index in [1.54, 1.807) is 6.07 Å². The predicted molar refractivity (Wildman–Crippen MR) is 75.7 cm³/mol. The maximum absolute atomic E-state index is 11.3. The van der Waals surface area contributed by atoms with E-state index in [1.807, 2.05) is 26.8 Å². The smallest absolute Gasteiger partial charge is 0.256 e. The van der Waals surface area contributed by atoms with Crippen LogP contribution >= 0.6 is 11.6 Å². The number of phenolic OH excluding ortho intramolecular Hbond substituents is 1. The van der Waals surface area contributed by atoms with Gasteiger partial charge in [0.25, 0.3) is 5.24 Å². The molecule has 0 aliphatic heterocycles. The van der Waals surface area contributed by atoms with E-state index in [1.165, 1.54) is 0 Å². The van der Waals surface area contributed by atoms with Gasteiger partial charge in [-0.05, 0) is 34.1 Å². The lowest BCUT2D eigenvalue weighted by Crippen LogP contribution is -2.22. The Hall–Kier alpha value is -1.02. The molecule has 0 saturated carbocycles. The van der Waals surface area contributed by atoms with Crippen molar-refractivity contribution in [2.45, 2.75) is 52.4 Å². The summed E-state index contributed by atoms with van der Waals surface area (Å²) in [5.74, 6) is 0.00919. The van der Waals surface area contributed by atoms with Crippen LogP contribution in [0.3, 0.4) is 0 Å². The molecule has 0 atom stereocenters. The quantitative estimate of drug-likeness (QED) is 0.768. The minimum absolute atomic E-state index is 0.00919. The van der Waals surface area contributed by atoms with Crippen molar-refractivity contribution in [3.05, 3.63) is 28.8 Å². The standard InChI is InChI=1S/C15H21ClO2/c1-14(2,3)10-8-7-9(13(16)18)12(17)11(10)15(4,5)6/h7-8,17H,1-6H3. The van der Waals surface area contributed by atoms with E-state index >= 15 is 0 Å². The molecule has 1 rings (SSSR count). The molecule has 0 unspecified atom stereocenters. The van der Waals surface area contributed by atoms with Crippen LogP contribution in [0.25, 0.3) is 0 Å². The Bertz CT molecular complexity index is 476. The molecule has 0 radical (unpaired) electrons. The Labute approximate surface area is 114 Å². The monoisotopic (exact) mass is 268 g/mol. The molecular formula is C15H21ClO2. The molecule has 1 aromatic carbocycles. The Kier molecular flexibility index (Phi) is 3.83. The van der Waals surface area contributed by atoms with Crippen molar-refractivity contribution in [1.82, 2.24) is 0 Å². The average molecular weight is 269 g/mol. The number of rotatable bonds is 1. The summed E-state index contributed by atoms with van der Waals surface area (Å²) >= 11 is 5.50. The van der Waals surface area contributed by atoms with Crippen LogP contribution in [0.4, 0.5) is 0 Å². The number of hydrogen-bond donors (Lipinski definition) is 1. The first-order valence-electron chi connectivity index (χ1n) is 6.03. The molecule has 3 heteroatoms. The lowest BCUT2D eigenvalue weighted by Gasteiger charge is -2.31. The zero-order chi connectivity index (χ0) is 14.3. The first-order chi connectivity index (χ1) is 7.96. The molecule has 0 amide bonds. The number of phenols is 1. The van der Waals surface area contributed by atoms with Crippen LogP contribution in [0.15, 0.2) is 12.1 Å². The summed E-state index contributed by atoms with van der Waals surface area (Å²) < 4.78 is 0. The molecule has 0 aliphatic carbocycles. The third kappa shape index (κ3) is 2.86. The van der Waals surface area contributed by atoms with Gasteiger partial charge in [0.15, 0.2) is 0 Å². The van der Waals surface area contributed by atoms with Gasteiger partial charge >= 0.3 is 0 Å². The van der Waals surface area contributed by atoms with Gasteiger partial charge in [-0.15, -0.1) is 0 Å². The summed E-state index contributed by atoms with van der Waals surface area (Å²) in [5, 5.41) is 9.71. The SMILES string of the molecule is CC(C)(C)c1ccc(C(=O)Cl)c(O)c1C(C)(C)C. The molecule has 2 nitrogen and oxygen atoms in total. The van der Waals surface area contributed by atoms with E-state index in [9.17, 15) is 9.90 Å². The van der Waals surface area contributed by atoms with Gasteiger partial charge in [0, 0.05) is 5.56 Å². The van der Waals surface area contributed by atoms with Crippen LogP contribution in [0.1, 0.15) is 63.0 Å². The second-order valence-corrected chi connectivity index (χ2v) is 7.00. The van der Waals surface area contributed by atoms with Crippen molar-refractivity contribution in [3.63, 3.8) is 0 Å². The molecule has 0 spiro atoms. The van der Waals surface area contributed by atoms with Crippen molar-refractivity contribution in [2.75, 3.05) is 0 Å². The highest BCUT2D eigenvalue weighted by Gasteiger charge is 2.30. The van der Waals surface area contributed by atoms with Gasteiger partial charge in [0.2, 0.25) is 0 Å². The van der Waals surface area contributed by atoms with Gasteiger partial charge in [0.1, 0.15) is 5.75 Å². The summed E-state index contributed by atoms with van der Waals surface area (Å²) in [4.78, 5) is 11.3. The summed E-state index contributed by atoms with van der Waals surface area (Å²) in [7, 11) is 0. The zero-order valence-electron chi connectivity index (χ0n) is 11.9. The van der Waals surface area contributed by atoms with E-state index in [-0.39, 0.29) is 22.1 Å². The maximum atomic E-state index is 11.3. The highest BCUT2D eigenvalue weighted by atomic mass is 35.5. The van der Waals surface area contributed by atoms with Crippen molar-refractivity contribution in [2.24, 2.45) is 0 Å². The van der Waals surface area contributed by atoms with E-state index in [2.05, 4.69) is 20.8 Å². The average Bonchev–Trinajstić information content (AvgIpc) is 2.12. The molecular weight excluding hydrogens is 248 g/mol. The van der Waals surface area contributed by atoms with E-state index in [0.717, 1.165) is 11.1 Å². The van der Waals surface area contributed by atoms with E-state index < -0.39 is 5.24 Å². The van der Waals surface area contributed by atoms with Crippen LogP contribution in [-0.4, -0.2) is 10.3 Å². The number of aromatic hydroxyl groups is 1. The lowest BCUT2D eigenvalue weighted by atomic mass is 9.74. The van der Waals surface area contributed by atoms with E-state index in [4.69, 9.17) is 11.6 Å². The first kappa shape index (κ1) is 15.0.